The molecule has 2 amide bonds. The predicted octanol–water partition coefficient (Wildman–Crippen LogP) is 5.17. The van der Waals surface area contributed by atoms with Gasteiger partial charge in [-0.1, -0.05) is 68.3 Å². The van der Waals surface area contributed by atoms with E-state index in [-0.39, 0.29) is 27.4 Å². The highest BCUT2D eigenvalue weighted by atomic mass is 79.9. The standard InChI is InChI=1S/C33H29Br2NO8/c1-42-23-9-5-8-21(15-23)32(40)44-22-12-10-20(11-13-22)29(37)18-43-33(41)28(14-19-6-3-2-4-7-19)36-30(38)24-16-26(34)27(35)17-25(24)31(36)39/h2-13,15,24-28H,14,16-18H2,1H3. The molecule has 11 heteroatoms. The number of methoxy groups -OCH3 is 1. The molecule has 1 saturated heterocycles. The second kappa shape index (κ2) is 13.9. The van der Waals surface area contributed by atoms with Crippen LogP contribution in [0.2, 0.25) is 0 Å². The number of alkyl halides is 2. The molecule has 5 rings (SSSR count). The van der Waals surface area contributed by atoms with E-state index in [1.165, 1.54) is 31.4 Å². The average molecular weight is 727 g/mol. The van der Waals surface area contributed by atoms with Crippen LogP contribution in [0.25, 0.3) is 0 Å². The number of halogens is 2. The van der Waals surface area contributed by atoms with Crippen molar-refractivity contribution < 1.29 is 38.2 Å². The summed E-state index contributed by atoms with van der Waals surface area (Å²) in [6.07, 6.45) is 1.00. The van der Waals surface area contributed by atoms with Crippen LogP contribution in [0.4, 0.5) is 0 Å². The molecule has 228 valence electrons. The molecular formula is C33H29Br2NO8. The number of carbonyl (C=O) groups excluding carboxylic acids is 5. The topological polar surface area (TPSA) is 116 Å². The fourth-order valence-corrected chi connectivity index (χ4v) is 6.72. The minimum atomic E-state index is -1.21. The van der Waals surface area contributed by atoms with Gasteiger partial charge in [-0.05, 0) is 60.9 Å². The number of carbonyl (C=O) groups is 5. The van der Waals surface area contributed by atoms with Crippen molar-refractivity contribution in [2.24, 2.45) is 11.8 Å². The molecule has 1 heterocycles. The molecule has 3 aromatic carbocycles. The Morgan fingerprint density at radius 3 is 2.07 bits per heavy atom. The molecule has 5 atom stereocenters. The number of nitrogens with zero attached hydrogens (tertiary/aromatic N) is 1. The first kappa shape index (κ1) is 31.6. The van der Waals surface area contributed by atoms with Crippen molar-refractivity contribution in [1.29, 1.82) is 0 Å². The summed E-state index contributed by atoms with van der Waals surface area (Å²) in [5.41, 5.74) is 1.27. The lowest BCUT2D eigenvalue weighted by atomic mass is 9.81. The Bertz CT molecular complexity index is 1530. The van der Waals surface area contributed by atoms with Gasteiger partial charge >= 0.3 is 11.9 Å². The van der Waals surface area contributed by atoms with Gasteiger partial charge in [-0.25, -0.2) is 9.59 Å². The molecule has 3 aromatic rings. The van der Waals surface area contributed by atoms with Crippen molar-refractivity contribution in [3.05, 3.63) is 95.6 Å². The first-order chi connectivity index (χ1) is 21.2. The predicted molar refractivity (Wildman–Crippen MR) is 167 cm³/mol. The lowest BCUT2D eigenvalue weighted by molar-refractivity contribution is -0.158. The minimum Gasteiger partial charge on any atom is -0.497 e. The number of fused-ring (bicyclic) bond motifs is 1. The average Bonchev–Trinajstić information content (AvgIpc) is 3.27. The Hall–Kier alpha value is -3.83. The number of hydrogen-bond donors (Lipinski definition) is 0. The number of ketones is 1. The van der Waals surface area contributed by atoms with Crippen molar-refractivity contribution in [1.82, 2.24) is 4.90 Å². The van der Waals surface area contributed by atoms with Crippen LogP contribution < -0.4 is 9.47 Å². The smallest absolute Gasteiger partial charge is 0.343 e. The van der Waals surface area contributed by atoms with E-state index < -0.39 is 54.0 Å². The SMILES string of the molecule is COc1cccc(C(=O)Oc2ccc(C(=O)COC(=O)C(Cc3ccccc3)N3C(=O)C4CC(Br)C(Br)CC4C3=O)cc2)c1. The maximum Gasteiger partial charge on any atom is 0.343 e. The van der Waals surface area contributed by atoms with Crippen LogP contribution in [-0.4, -0.2) is 63.8 Å². The summed E-state index contributed by atoms with van der Waals surface area (Å²) in [6.45, 7) is -0.594. The van der Waals surface area contributed by atoms with Gasteiger partial charge in [-0.15, -0.1) is 0 Å². The monoisotopic (exact) mass is 725 g/mol. The van der Waals surface area contributed by atoms with Gasteiger partial charge in [0.05, 0.1) is 24.5 Å². The molecule has 0 spiro atoms. The normalized spacial score (nSPS) is 21.8. The molecule has 44 heavy (non-hydrogen) atoms. The number of ether oxygens (including phenoxy) is 3. The fraction of sp³-hybridized carbons (Fsp3) is 0.303. The third kappa shape index (κ3) is 6.94. The lowest BCUT2D eigenvalue weighted by Crippen LogP contribution is -2.48. The second-order valence-electron chi connectivity index (χ2n) is 10.6. The summed E-state index contributed by atoms with van der Waals surface area (Å²) in [5.74, 6) is -3.03. The summed E-state index contributed by atoms with van der Waals surface area (Å²) in [4.78, 5) is 66.9. The summed E-state index contributed by atoms with van der Waals surface area (Å²) in [5, 5.41) is 0. The Morgan fingerprint density at radius 1 is 0.818 bits per heavy atom. The highest BCUT2D eigenvalue weighted by Gasteiger charge is 2.55. The Labute approximate surface area is 271 Å². The number of imide groups is 1. The molecule has 0 N–H and O–H groups in total. The van der Waals surface area contributed by atoms with Crippen LogP contribution in [-0.2, 0) is 25.5 Å². The van der Waals surface area contributed by atoms with E-state index in [4.69, 9.17) is 14.2 Å². The van der Waals surface area contributed by atoms with Gasteiger partial charge in [0, 0.05) is 21.6 Å². The minimum absolute atomic E-state index is 0.0226. The molecule has 5 unspecified atom stereocenters. The van der Waals surface area contributed by atoms with Crippen LogP contribution in [0.1, 0.15) is 39.1 Å². The highest BCUT2D eigenvalue weighted by Crippen LogP contribution is 2.44. The second-order valence-corrected chi connectivity index (χ2v) is 13.0. The van der Waals surface area contributed by atoms with E-state index in [0.717, 1.165) is 10.5 Å². The largest absolute Gasteiger partial charge is 0.497 e. The van der Waals surface area contributed by atoms with E-state index in [9.17, 15) is 24.0 Å². The number of hydrogen-bond acceptors (Lipinski definition) is 8. The first-order valence-electron chi connectivity index (χ1n) is 14.0. The number of Topliss-reactive ketones (excluding diaryl/α,β-unsaturated/α-hetero) is 1. The zero-order valence-electron chi connectivity index (χ0n) is 23.7. The molecule has 0 aromatic heterocycles. The summed E-state index contributed by atoms with van der Waals surface area (Å²) < 4.78 is 15.9. The fourth-order valence-electron chi connectivity index (χ4n) is 5.49. The van der Waals surface area contributed by atoms with Crippen LogP contribution in [0.5, 0.6) is 11.5 Å². The van der Waals surface area contributed by atoms with Crippen LogP contribution in [0.3, 0.4) is 0 Å². The molecule has 0 radical (unpaired) electrons. The molecule has 2 aliphatic rings. The van der Waals surface area contributed by atoms with Crippen molar-refractivity contribution >= 4 is 61.4 Å². The zero-order chi connectivity index (χ0) is 31.4. The molecular weight excluding hydrogens is 698 g/mol. The summed E-state index contributed by atoms with van der Waals surface area (Å²) in [7, 11) is 1.50. The Morgan fingerprint density at radius 2 is 1.45 bits per heavy atom. The maximum atomic E-state index is 13.5. The Kier molecular flexibility index (Phi) is 9.95. The number of esters is 2. The van der Waals surface area contributed by atoms with Crippen molar-refractivity contribution in [3.63, 3.8) is 0 Å². The molecule has 1 aliphatic heterocycles. The Balaban J connectivity index is 1.25. The van der Waals surface area contributed by atoms with Gasteiger partial charge in [-0.3, -0.25) is 19.3 Å². The van der Waals surface area contributed by atoms with E-state index >= 15 is 0 Å². The van der Waals surface area contributed by atoms with E-state index in [1.54, 1.807) is 48.5 Å². The summed E-state index contributed by atoms with van der Waals surface area (Å²) in [6, 6.07) is 20.2. The highest BCUT2D eigenvalue weighted by molar-refractivity contribution is 9.12. The van der Waals surface area contributed by atoms with Gasteiger partial charge in [0.2, 0.25) is 11.8 Å². The number of amides is 2. The molecule has 2 fully saturated rings. The molecule has 0 bridgehead atoms. The molecule has 9 nitrogen and oxygen atoms in total. The van der Waals surface area contributed by atoms with Gasteiger partial charge in [0.15, 0.2) is 12.4 Å². The van der Waals surface area contributed by atoms with Gasteiger partial charge in [0.1, 0.15) is 17.5 Å². The number of rotatable bonds is 10. The van der Waals surface area contributed by atoms with Gasteiger partial charge in [-0.2, -0.15) is 0 Å². The van der Waals surface area contributed by atoms with Crippen molar-refractivity contribution in [2.75, 3.05) is 13.7 Å². The zero-order valence-corrected chi connectivity index (χ0v) is 26.9. The third-order valence-corrected chi connectivity index (χ3v) is 10.6. The maximum absolute atomic E-state index is 13.5. The van der Waals surface area contributed by atoms with Crippen LogP contribution >= 0.6 is 31.9 Å². The van der Waals surface area contributed by atoms with E-state index in [0.29, 0.717) is 24.2 Å². The third-order valence-electron chi connectivity index (χ3n) is 7.84. The first-order valence-corrected chi connectivity index (χ1v) is 15.8. The lowest BCUT2D eigenvalue weighted by Gasteiger charge is -2.29. The summed E-state index contributed by atoms with van der Waals surface area (Å²) >= 11 is 7.17. The molecule has 1 saturated carbocycles. The number of likely N-dealkylation sites (tertiary alicyclic amines) is 1. The van der Waals surface area contributed by atoms with Crippen LogP contribution in [0, 0.1) is 11.8 Å². The van der Waals surface area contributed by atoms with Crippen LogP contribution in [0.15, 0.2) is 78.9 Å². The van der Waals surface area contributed by atoms with E-state index in [1.807, 2.05) is 6.07 Å². The van der Waals surface area contributed by atoms with Gasteiger partial charge in [0.25, 0.3) is 0 Å². The number of benzene rings is 3. The van der Waals surface area contributed by atoms with Crippen molar-refractivity contribution in [2.45, 2.75) is 35.0 Å². The molecule has 1 aliphatic carbocycles. The van der Waals surface area contributed by atoms with Gasteiger partial charge < -0.3 is 14.2 Å². The quantitative estimate of drug-likeness (QED) is 0.0924. The van der Waals surface area contributed by atoms with E-state index in [2.05, 4.69) is 31.9 Å². The van der Waals surface area contributed by atoms with Crippen molar-refractivity contribution in [3.8, 4) is 11.5 Å².